The lowest BCUT2D eigenvalue weighted by molar-refractivity contribution is -0.273. The quantitative estimate of drug-likeness (QED) is 0.529. The molecule has 1 radical (unpaired) electrons. The third-order valence-corrected chi connectivity index (χ3v) is 0.771. The van der Waals surface area contributed by atoms with Crippen LogP contribution in [0.3, 0.4) is 0 Å². The highest BCUT2D eigenvalue weighted by molar-refractivity contribution is 6.18. The second-order valence-corrected chi connectivity index (χ2v) is 1.49. The number of hydrogen-bond acceptors (Lipinski definition) is 0. The van der Waals surface area contributed by atoms with Crippen molar-refractivity contribution in [1.29, 1.82) is 0 Å². The van der Waals surface area contributed by atoms with Crippen LogP contribution >= 0.6 is 11.6 Å². The van der Waals surface area contributed by atoms with Gasteiger partial charge in [0.05, 0.1) is 5.88 Å². The van der Waals surface area contributed by atoms with Gasteiger partial charge in [-0.15, -0.1) is 11.6 Å². The van der Waals surface area contributed by atoms with Gasteiger partial charge in [0, 0.05) is 0 Å². The van der Waals surface area contributed by atoms with Crippen LogP contribution in [0.1, 0.15) is 0 Å². The zero-order chi connectivity index (χ0) is 6.78. The first-order valence-electron chi connectivity index (χ1n) is 1.76. The van der Waals surface area contributed by atoms with Crippen LogP contribution in [0.15, 0.2) is 0 Å². The Labute approximate surface area is 49.1 Å². The Morgan fingerprint density at radius 2 is 2.00 bits per heavy atom. The summed E-state index contributed by atoms with van der Waals surface area (Å²) in [7, 11) is 0. The molecule has 0 fully saturated rings. The van der Waals surface area contributed by atoms with Gasteiger partial charge in [0.1, 0.15) is 0 Å². The molecule has 0 aliphatic carbocycles. The van der Waals surface area contributed by atoms with E-state index in [0.29, 0.717) is 0 Å². The number of hydrogen-bond donors (Lipinski definition) is 0. The molecule has 0 rings (SSSR count). The molecule has 1 nitrogen and oxygen atoms in total. The maximum atomic E-state index is 11.4. The first-order valence-corrected chi connectivity index (χ1v) is 2.30. The molecule has 49 valence electrons. The van der Waals surface area contributed by atoms with Crippen LogP contribution in [0.25, 0.3) is 0 Å². The average Bonchev–Trinajstić information content (AvgIpc) is 1.62. The highest BCUT2D eigenvalue weighted by Gasteiger charge is 2.38. The first-order chi connectivity index (χ1) is 3.48. The van der Waals surface area contributed by atoms with Gasteiger partial charge in [0.15, 0.2) is 0 Å². The van der Waals surface area contributed by atoms with Crippen molar-refractivity contribution in [2.45, 2.75) is 12.3 Å². The van der Waals surface area contributed by atoms with Crippen LogP contribution < -0.4 is 0 Å². The van der Waals surface area contributed by atoms with Crippen LogP contribution in [-0.4, -0.2) is 18.2 Å². The molecular weight excluding hydrogens is 144 g/mol. The van der Waals surface area contributed by atoms with Gasteiger partial charge in [-0.25, -0.2) is 4.39 Å². The number of alkyl halides is 4. The lowest BCUT2D eigenvalue weighted by Gasteiger charge is -2.07. The summed E-state index contributed by atoms with van der Waals surface area (Å²) in [5.74, 6) is -0.962. The monoisotopic (exact) mass is 147 g/mol. The molecule has 0 N–H and O–H groups in total. The summed E-state index contributed by atoms with van der Waals surface area (Å²) in [6.45, 7) is 0. The molecule has 0 aliphatic heterocycles. The van der Waals surface area contributed by atoms with Crippen molar-refractivity contribution in [3.05, 3.63) is 0 Å². The first kappa shape index (κ1) is 8.04. The Kier molecular flexibility index (Phi) is 2.56. The highest BCUT2D eigenvalue weighted by Crippen LogP contribution is 2.18. The summed E-state index contributed by atoms with van der Waals surface area (Å²) in [6.07, 6.45) is -7.31. The maximum Gasteiger partial charge on any atom is 0.413 e. The van der Waals surface area contributed by atoms with E-state index in [-0.39, 0.29) is 0 Å². The molecule has 1 atom stereocenters. The van der Waals surface area contributed by atoms with E-state index in [9.17, 15) is 18.3 Å². The van der Waals surface area contributed by atoms with Crippen molar-refractivity contribution in [2.24, 2.45) is 0 Å². The number of halogens is 4. The van der Waals surface area contributed by atoms with Crippen LogP contribution in [0, 0.1) is 0 Å². The van der Waals surface area contributed by atoms with Crippen molar-refractivity contribution >= 4 is 11.6 Å². The van der Waals surface area contributed by atoms with Gasteiger partial charge in [-0.1, -0.05) is 0 Å². The van der Waals surface area contributed by atoms with E-state index in [1.807, 2.05) is 0 Å². The van der Waals surface area contributed by atoms with E-state index < -0.39 is 18.2 Å². The van der Waals surface area contributed by atoms with Crippen molar-refractivity contribution < 1.29 is 18.3 Å². The Morgan fingerprint density at radius 3 is 2.00 bits per heavy atom. The second kappa shape index (κ2) is 2.55. The standard InChI is InChI=1S/C3H3ClF3O/c4-1-2(5)3(6,7)8/h2H,1H2. The van der Waals surface area contributed by atoms with Crippen LogP contribution in [0.5, 0.6) is 0 Å². The van der Waals surface area contributed by atoms with Crippen molar-refractivity contribution in [2.75, 3.05) is 5.88 Å². The molecule has 0 bridgehead atoms. The second-order valence-electron chi connectivity index (χ2n) is 1.18. The minimum absolute atomic E-state index is 0.962. The molecule has 0 aromatic rings. The Bertz CT molecular complexity index is 71.4. The van der Waals surface area contributed by atoms with Gasteiger partial charge < -0.3 is 0 Å². The third kappa shape index (κ3) is 2.37. The topological polar surface area (TPSA) is 19.9 Å². The Balaban J connectivity index is 3.62. The molecular formula is C3H3ClF3O. The summed E-state index contributed by atoms with van der Waals surface area (Å²) in [5.41, 5.74) is 0. The predicted octanol–water partition coefficient (Wildman–Crippen LogP) is 1.59. The minimum Gasteiger partial charge on any atom is -0.236 e. The molecule has 0 spiro atoms. The smallest absolute Gasteiger partial charge is 0.236 e. The van der Waals surface area contributed by atoms with Crippen molar-refractivity contribution in [3.8, 4) is 0 Å². The summed E-state index contributed by atoms with van der Waals surface area (Å²) in [5, 5.41) is 9.24. The van der Waals surface area contributed by atoms with Gasteiger partial charge in [0.2, 0.25) is 6.17 Å². The van der Waals surface area contributed by atoms with Gasteiger partial charge in [-0.05, 0) is 0 Å². The van der Waals surface area contributed by atoms with E-state index in [0.717, 1.165) is 0 Å². The van der Waals surface area contributed by atoms with Gasteiger partial charge in [-0.3, -0.25) is 0 Å². The highest BCUT2D eigenvalue weighted by atomic mass is 35.5. The molecule has 5 heteroatoms. The van der Waals surface area contributed by atoms with Crippen LogP contribution in [-0.2, 0) is 5.11 Å². The molecule has 8 heavy (non-hydrogen) atoms. The average molecular weight is 148 g/mol. The minimum atomic E-state index is -4.54. The molecule has 0 aromatic heterocycles. The molecule has 1 unspecified atom stereocenters. The molecule has 0 heterocycles. The Hall–Kier alpha value is 0.0400. The van der Waals surface area contributed by atoms with E-state index in [1.54, 1.807) is 0 Å². The van der Waals surface area contributed by atoms with Crippen molar-refractivity contribution in [1.82, 2.24) is 0 Å². The molecule has 0 saturated heterocycles. The van der Waals surface area contributed by atoms with E-state index in [2.05, 4.69) is 11.6 Å². The lowest BCUT2D eigenvalue weighted by Crippen LogP contribution is -2.28. The van der Waals surface area contributed by atoms with Crippen LogP contribution in [0.2, 0.25) is 0 Å². The lowest BCUT2D eigenvalue weighted by atomic mass is 10.4. The fourth-order valence-corrected chi connectivity index (χ4v) is 0.269. The summed E-state index contributed by atoms with van der Waals surface area (Å²) in [4.78, 5) is 0. The third-order valence-electron chi connectivity index (χ3n) is 0.500. The van der Waals surface area contributed by atoms with Crippen molar-refractivity contribution in [3.63, 3.8) is 0 Å². The molecule has 0 aliphatic rings. The normalized spacial score (nSPS) is 16.1. The fourth-order valence-electron chi connectivity index (χ4n) is 0.0898. The fraction of sp³-hybridized carbons (Fsp3) is 1.00. The number of rotatable bonds is 2. The van der Waals surface area contributed by atoms with Gasteiger partial charge in [0.25, 0.3) is 0 Å². The molecule has 0 saturated carbocycles. The van der Waals surface area contributed by atoms with Gasteiger partial charge >= 0.3 is 6.11 Å². The zero-order valence-electron chi connectivity index (χ0n) is 3.70. The summed E-state index contributed by atoms with van der Waals surface area (Å²) >= 11 is 4.58. The summed E-state index contributed by atoms with van der Waals surface area (Å²) in [6, 6.07) is 0. The SMILES string of the molecule is [O]C(F)(F)C(F)CCl. The zero-order valence-corrected chi connectivity index (χ0v) is 4.46. The van der Waals surface area contributed by atoms with E-state index >= 15 is 0 Å². The molecule has 0 aromatic carbocycles. The Morgan fingerprint density at radius 1 is 1.62 bits per heavy atom. The largest absolute Gasteiger partial charge is 0.413 e. The summed E-state index contributed by atoms with van der Waals surface area (Å²) < 4.78 is 33.6. The predicted molar refractivity (Wildman–Crippen MR) is 21.2 cm³/mol. The maximum absolute atomic E-state index is 11.4. The van der Waals surface area contributed by atoms with E-state index in [1.165, 1.54) is 0 Å². The van der Waals surface area contributed by atoms with Gasteiger partial charge in [-0.2, -0.15) is 13.9 Å². The van der Waals surface area contributed by atoms with Crippen LogP contribution in [0.4, 0.5) is 13.2 Å². The van der Waals surface area contributed by atoms with E-state index in [4.69, 9.17) is 0 Å². The molecule has 0 amide bonds.